The normalized spacial score (nSPS) is 20.4. The van der Waals surface area contributed by atoms with E-state index in [9.17, 15) is 4.79 Å². The maximum atomic E-state index is 12.0. The highest BCUT2D eigenvalue weighted by atomic mass is 35.5. The minimum atomic E-state index is 0. The number of nitrogens with zero attached hydrogens (tertiary/aromatic N) is 1. The van der Waals surface area contributed by atoms with Gasteiger partial charge in [0.2, 0.25) is 5.91 Å². The number of hydrogen-bond donors (Lipinski definition) is 2. The molecule has 0 bridgehead atoms. The summed E-state index contributed by atoms with van der Waals surface area (Å²) < 4.78 is 5.55. The number of carbonyl (C=O) groups is 1. The van der Waals surface area contributed by atoms with E-state index in [1.165, 1.54) is 0 Å². The molecule has 1 heterocycles. The average molecular weight is 342 g/mol. The molecule has 0 radical (unpaired) electrons. The number of ether oxygens (including phenoxy) is 1. The molecule has 0 saturated carbocycles. The number of amides is 1. The Labute approximate surface area is 145 Å². The second kappa shape index (κ2) is 9.11. The molecule has 3 N–H and O–H groups in total. The second-order valence-electron chi connectivity index (χ2n) is 6.61. The number of para-hydroxylation sites is 1. The van der Waals surface area contributed by atoms with Crippen LogP contribution in [0.1, 0.15) is 20.3 Å². The first-order chi connectivity index (χ1) is 10.5. The van der Waals surface area contributed by atoms with Crippen molar-refractivity contribution in [3.8, 4) is 5.75 Å². The standard InChI is InChI=1S/C17H27N3O2.ClH/c1-17(2)13-20(10-8-15(17)18)12-16(21)19-9-11-22-14-6-4-3-5-7-14;/h3-7,15H,8-13,18H2,1-2H3,(H,19,21);1H. The third kappa shape index (κ3) is 6.37. The molecule has 1 aromatic rings. The second-order valence-corrected chi connectivity index (χ2v) is 6.61. The highest BCUT2D eigenvalue weighted by Gasteiger charge is 2.33. The van der Waals surface area contributed by atoms with E-state index in [1.54, 1.807) is 0 Å². The molecule has 1 saturated heterocycles. The molecule has 0 spiro atoms. The van der Waals surface area contributed by atoms with Gasteiger partial charge in [0.15, 0.2) is 0 Å². The fraction of sp³-hybridized carbons (Fsp3) is 0.588. The Morgan fingerprint density at radius 1 is 1.39 bits per heavy atom. The summed E-state index contributed by atoms with van der Waals surface area (Å²) in [5.74, 6) is 0.867. The summed E-state index contributed by atoms with van der Waals surface area (Å²) in [6, 6.07) is 9.82. The van der Waals surface area contributed by atoms with Gasteiger partial charge in [-0.2, -0.15) is 0 Å². The van der Waals surface area contributed by atoms with Crippen LogP contribution < -0.4 is 15.8 Å². The lowest BCUT2D eigenvalue weighted by atomic mass is 9.80. The minimum absolute atomic E-state index is 0. The number of carbonyl (C=O) groups excluding carboxylic acids is 1. The summed E-state index contributed by atoms with van der Waals surface area (Å²) in [5, 5.41) is 2.90. The first-order valence-electron chi connectivity index (χ1n) is 7.90. The summed E-state index contributed by atoms with van der Waals surface area (Å²) in [4.78, 5) is 14.2. The van der Waals surface area contributed by atoms with E-state index in [0.717, 1.165) is 25.3 Å². The number of rotatable bonds is 6. The predicted molar refractivity (Wildman–Crippen MR) is 95.0 cm³/mol. The van der Waals surface area contributed by atoms with Crippen molar-refractivity contribution in [1.82, 2.24) is 10.2 Å². The third-order valence-corrected chi connectivity index (χ3v) is 4.19. The highest BCUT2D eigenvalue weighted by Crippen LogP contribution is 2.27. The van der Waals surface area contributed by atoms with Gasteiger partial charge in [0.25, 0.3) is 0 Å². The number of hydrogen-bond acceptors (Lipinski definition) is 4. The zero-order chi connectivity index (χ0) is 16.0. The number of piperidine rings is 1. The maximum Gasteiger partial charge on any atom is 0.234 e. The van der Waals surface area contributed by atoms with E-state index in [0.29, 0.717) is 19.7 Å². The minimum Gasteiger partial charge on any atom is -0.492 e. The van der Waals surface area contributed by atoms with Crippen LogP contribution in [0.3, 0.4) is 0 Å². The van der Waals surface area contributed by atoms with Gasteiger partial charge in [0.05, 0.1) is 13.1 Å². The molecule has 23 heavy (non-hydrogen) atoms. The van der Waals surface area contributed by atoms with Crippen LogP contribution in [-0.4, -0.2) is 49.6 Å². The Morgan fingerprint density at radius 3 is 2.74 bits per heavy atom. The maximum absolute atomic E-state index is 12.0. The monoisotopic (exact) mass is 341 g/mol. The average Bonchev–Trinajstić information content (AvgIpc) is 2.48. The lowest BCUT2D eigenvalue weighted by Crippen LogP contribution is -2.54. The van der Waals surface area contributed by atoms with Crippen LogP contribution >= 0.6 is 12.4 Å². The van der Waals surface area contributed by atoms with Crippen molar-refractivity contribution >= 4 is 18.3 Å². The van der Waals surface area contributed by atoms with E-state index in [1.807, 2.05) is 30.3 Å². The molecule has 2 rings (SSSR count). The zero-order valence-electron chi connectivity index (χ0n) is 14.0. The predicted octanol–water partition coefficient (Wildman–Crippen LogP) is 1.66. The Balaban J connectivity index is 0.00000264. The number of halogens is 1. The van der Waals surface area contributed by atoms with Crippen molar-refractivity contribution < 1.29 is 9.53 Å². The molecular formula is C17H28ClN3O2. The van der Waals surface area contributed by atoms with E-state index >= 15 is 0 Å². The SMILES string of the molecule is CC1(C)CN(CC(=O)NCCOc2ccccc2)CCC1N.Cl. The lowest BCUT2D eigenvalue weighted by Gasteiger charge is -2.42. The molecule has 1 amide bonds. The van der Waals surface area contributed by atoms with Crippen LogP contribution in [0.2, 0.25) is 0 Å². The Bertz CT molecular complexity index is 482. The smallest absolute Gasteiger partial charge is 0.234 e. The fourth-order valence-corrected chi connectivity index (χ4v) is 2.76. The van der Waals surface area contributed by atoms with E-state index in [-0.39, 0.29) is 29.8 Å². The van der Waals surface area contributed by atoms with E-state index in [2.05, 4.69) is 24.1 Å². The van der Waals surface area contributed by atoms with Gasteiger partial charge in [-0.1, -0.05) is 32.0 Å². The number of benzene rings is 1. The largest absolute Gasteiger partial charge is 0.492 e. The van der Waals surface area contributed by atoms with E-state index in [4.69, 9.17) is 10.5 Å². The molecule has 0 aromatic heterocycles. The molecule has 130 valence electrons. The molecule has 1 atom stereocenters. The van der Waals surface area contributed by atoms with Crippen LogP contribution in [0.4, 0.5) is 0 Å². The van der Waals surface area contributed by atoms with Gasteiger partial charge in [-0.05, 0) is 24.0 Å². The first kappa shape index (κ1) is 19.7. The number of nitrogens with two attached hydrogens (primary N) is 1. The van der Waals surface area contributed by atoms with E-state index < -0.39 is 0 Å². The van der Waals surface area contributed by atoms with Crippen LogP contribution in [0, 0.1) is 5.41 Å². The molecule has 0 aliphatic carbocycles. The lowest BCUT2D eigenvalue weighted by molar-refractivity contribution is -0.123. The summed E-state index contributed by atoms with van der Waals surface area (Å²) in [6.07, 6.45) is 0.942. The van der Waals surface area contributed by atoms with Crippen LogP contribution in [0.5, 0.6) is 5.75 Å². The van der Waals surface area contributed by atoms with Crippen molar-refractivity contribution in [3.63, 3.8) is 0 Å². The zero-order valence-corrected chi connectivity index (χ0v) is 14.8. The summed E-state index contributed by atoms with van der Waals surface area (Å²) in [5.41, 5.74) is 6.18. The quantitative estimate of drug-likeness (QED) is 0.772. The van der Waals surface area contributed by atoms with Crippen molar-refractivity contribution in [1.29, 1.82) is 0 Å². The molecular weight excluding hydrogens is 314 g/mol. The Hall–Kier alpha value is -1.30. The van der Waals surface area contributed by atoms with Gasteiger partial charge >= 0.3 is 0 Å². The summed E-state index contributed by atoms with van der Waals surface area (Å²) >= 11 is 0. The van der Waals surface area contributed by atoms with Gasteiger partial charge in [-0.15, -0.1) is 12.4 Å². The van der Waals surface area contributed by atoms with Crippen molar-refractivity contribution in [3.05, 3.63) is 30.3 Å². The summed E-state index contributed by atoms with van der Waals surface area (Å²) in [6.45, 7) is 7.50. The molecule has 1 aliphatic heterocycles. The molecule has 1 fully saturated rings. The fourth-order valence-electron chi connectivity index (χ4n) is 2.76. The molecule has 1 aliphatic rings. The summed E-state index contributed by atoms with van der Waals surface area (Å²) in [7, 11) is 0. The van der Waals surface area contributed by atoms with Crippen molar-refractivity contribution in [2.24, 2.45) is 11.1 Å². The van der Waals surface area contributed by atoms with Crippen LogP contribution in [-0.2, 0) is 4.79 Å². The third-order valence-electron chi connectivity index (χ3n) is 4.19. The molecule has 1 aromatic carbocycles. The number of likely N-dealkylation sites (tertiary alicyclic amines) is 1. The Morgan fingerprint density at radius 2 is 2.09 bits per heavy atom. The van der Waals surface area contributed by atoms with Gasteiger partial charge in [0.1, 0.15) is 12.4 Å². The van der Waals surface area contributed by atoms with Gasteiger partial charge in [-0.3, -0.25) is 9.69 Å². The first-order valence-corrected chi connectivity index (χ1v) is 7.90. The Kier molecular flexibility index (Phi) is 7.82. The van der Waals surface area contributed by atoms with Crippen molar-refractivity contribution in [2.75, 3.05) is 32.8 Å². The molecule has 1 unspecified atom stereocenters. The van der Waals surface area contributed by atoms with Crippen LogP contribution in [0.15, 0.2) is 30.3 Å². The van der Waals surface area contributed by atoms with Gasteiger partial charge in [-0.25, -0.2) is 0 Å². The topological polar surface area (TPSA) is 67.6 Å². The van der Waals surface area contributed by atoms with Crippen molar-refractivity contribution in [2.45, 2.75) is 26.3 Å². The van der Waals surface area contributed by atoms with Crippen LogP contribution in [0.25, 0.3) is 0 Å². The highest BCUT2D eigenvalue weighted by molar-refractivity contribution is 5.85. The van der Waals surface area contributed by atoms with Gasteiger partial charge in [0, 0.05) is 19.1 Å². The number of nitrogens with one attached hydrogen (secondary N) is 1. The molecule has 6 heteroatoms. The van der Waals surface area contributed by atoms with Gasteiger partial charge < -0.3 is 15.8 Å². The molecule has 5 nitrogen and oxygen atoms in total.